The molecule has 1 heterocycles. The summed E-state index contributed by atoms with van der Waals surface area (Å²) < 4.78 is 0. The molecule has 0 aliphatic rings. The van der Waals surface area contributed by atoms with Crippen LogP contribution in [0.25, 0.3) is 22.3 Å². The van der Waals surface area contributed by atoms with Gasteiger partial charge in [-0.05, 0) is 30.3 Å². The molecule has 21 heavy (non-hydrogen) atoms. The second-order valence-electron chi connectivity index (χ2n) is 4.30. The fourth-order valence-electron chi connectivity index (χ4n) is 1.92. The quantitative estimate of drug-likeness (QED) is 0.396. The molecule has 0 saturated carbocycles. The molecule has 0 bridgehead atoms. The number of halogens is 2. The van der Waals surface area contributed by atoms with Crippen LogP contribution in [0.4, 0.5) is 5.69 Å². The molecule has 5 nitrogen and oxygen atoms in total. The Morgan fingerprint density at radius 2 is 1.71 bits per heavy atom. The number of rotatable bonds is 2. The van der Waals surface area contributed by atoms with Crippen LogP contribution in [0.2, 0.25) is 10.2 Å². The monoisotopic (exact) mass is 319 g/mol. The highest BCUT2D eigenvalue weighted by molar-refractivity contribution is 6.34. The van der Waals surface area contributed by atoms with E-state index in [0.717, 1.165) is 5.56 Å². The van der Waals surface area contributed by atoms with Crippen molar-refractivity contribution in [3.8, 4) is 11.4 Å². The van der Waals surface area contributed by atoms with Gasteiger partial charge in [0.15, 0.2) is 5.82 Å². The lowest BCUT2D eigenvalue weighted by molar-refractivity contribution is -0.384. The van der Waals surface area contributed by atoms with Crippen molar-refractivity contribution in [3.63, 3.8) is 0 Å². The van der Waals surface area contributed by atoms with Gasteiger partial charge in [0.25, 0.3) is 5.69 Å². The van der Waals surface area contributed by atoms with Gasteiger partial charge in [0, 0.05) is 28.1 Å². The van der Waals surface area contributed by atoms with Crippen LogP contribution in [0.15, 0.2) is 42.5 Å². The third-order valence-electron chi connectivity index (χ3n) is 2.95. The summed E-state index contributed by atoms with van der Waals surface area (Å²) in [5.41, 5.74) is 1.11. The zero-order valence-corrected chi connectivity index (χ0v) is 12.0. The molecule has 0 radical (unpaired) electrons. The first-order chi connectivity index (χ1) is 10.0. The van der Waals surface area contributed by atoms with Crippen LogP contribution in [0, 0.1) is 10.1 Å². The second-order valence-corrected chi connectivity index (χ2v) is 5.10. The molecule has 0 aliphatic heterocycles. The fraction of sp³-hybridized carbons (Fsp3) is 0. The first-order valence-corrected chi connectivity index (χ1v) is 6.68. The lowest BCUT2D eigenvalue weighted by Gasteiger charge is -2.04. The maximum atomic E-state index is 10.8. The molecule has 3 aromatic rings. The van der Waals surface area contributed by atoms with Gasteiger partial charge in [-0.1, -0.05) is 23.2 Å². The Hall–Kier alpha value is -2.24. The van der Waals surface area contributed by atoms with Crippen LogP contribution in [-0.2, 0) is 0 Å². The smallest absolute Gasteiger partial charge is 0.258 e. The average molecular weight is 320 g/mol. The lowest BCUT2D eigenvalue weighted by atomic mass is 10.2. The molecule has 0 spiro atoms. The number of nitrogens with zero attached hydrogens (tertiary/aromatic N) is 3. The van der Waals surface area contributed by atoms with Crippen LogP contribution in [0.1, 0.15) is 0 Å². The summed E-state index contributed by atoms with van der Waals surface area (Å²) in [7, 11) is 0. The van der Waals surface area contributed by atoms with E-state index in [-0.39, 0.29) is 10.8 Å². The van der Waals surface area contributed by atoms with Gasteiger partial charge in [0.1, 0.15) is 5.15 Å². The summed E-state index contributed by atoms with van der Waals surface area (Å²) in [4.78, 5) is 18.9. The summed E-state index contributed by atoms with van der Waals surface area (Å²) in [5.74, 6) is 0.393. The predicted molar refractivity (Wildman–Crippen MR) is 81.6 cm³/mol. The fourth-order valence-corrected chi connectivity index (χ4v) is 2.29. The van der Waals surface area contributed by atoms with E-state index >= 15 is 0 Å². The third-order valence-corrected chi connectivity index (χ3v) is 3.49. The van der Waals surface area contributed by atoms with Gasteiger partial charge in [-0.15, -0.1) is 0 Å². The normalized spacial score (nSPS) is 10.8. The van der Waals surface area contributed by atoms with Gasteiger partial charge in [-0.25, -0.2) is 9.97 Å². The van der Waals surface area contributed by atoms with E-state index in [2.05, 4.69) is 9.97 Å². The first-order valence-electron chi connectivity index (χ1n) is 5.92. The first kappa shape index (κ1) is 13.7. The molecule has 0 aliphatic carbocycles. The Labute approximate surface area is 129 Å². The topological polar surface area (TPSA) is 68.9 Å². The molecule has 0 amide bonds. The minimum absolute atomic E-state index is 0.0423. The predicted octanol–water partition coefficient (Wildman–Crippen LogP) is 4.51. The summed E-state index contributed by atoms with van der Waals surface area (Å²) in [6.07, 6.45) is 0. The van der Waals surface area contributed by atoms with Crippen LogP contribution < -0.4 is 0 Å². The minimum atomic E-state index is -0.475. The zero-order valence-electron chi connectivity index (χ0n) is 10.5. The van der Waals surface area contributed by atoms with Crippen LogP contribution in [0.5, 0.6) is 0 Å². The highest BCUT2D eigenvalue weighted by atomic mass is 35.5. The van der Waals surface area contributed by atoms with Crippen LogP contribution >= 0.6 is 23.2 Å². The second kappa shape index (κ2) is 5.27. The molecular weight excluding hydrogens is 313 g/mol. The number of benzene rings is 2. The minimum Gasteiger partial charge on any atom is -0.258 e. The van der Waals surface area contributed by atoms with Crippen molar-refractivity contribution in [1.29, 1.82) is 0 Å². The van der Waals surface area contributed by atoms with E-state index in [4.69, 9.17) is 23.2 Å². The molecule has 2 aromatic carbocycles. The molecule has 3 rings (SSSR count). The molecule has 7 heteroatoms. The van der Waals surface area contributed by atoms with Gasteiger partial charge in [0.2, 0.25) is 0 Å². The lowest BCUT2D eigenvalue weighted by Crippen LogP contribution is -1.94. The van der Waals surface area contributed by atoms with E-state index in [0.29, 0.717) is 21.7 Å². The molecule has 104 valence electrons. The third kappa shape index (κ3) is 2.66. The number of hydrogen-bond acceptors (Lipinski definition) is 4. The number of nitro groups is 1. The molecule has 0 N–H and O–H groups in total. The van der Waals surface area contributed by atoms with E-state index in [1.807, 2.05) is 0 Å². The molecule has 0 atom stereocenters. The van der Waals surface area contributed by atoms with Crippen molar-refractivity contribution in [3.05, 3.63) is 62.8 Å². The van der Waals surface area contributed by atoms with Gasteiger partial charge >= 0.3 is 0 Å². The Morgan fingerprint density at radius 1 is 1.00 bits per heavy atom. The zero-order chi connectivity index (χ0) is 15.0. The van der Waals surface area contributed by atoms with Gasteiger partial charge in [-0.2, -0.15) is 0 Å². The van der Waals surface area contributed by atoms with Crippen molar-refractivity contribution in [2.75, 3.05) is 0 Å². The molecule has 0 fully saturated rings. The number of fused-ring (bicyclic) bond motifs is 1. The van der Waals surface area contributed by atoms with E-state index < -0.39 is 4.92 Å². The van der Waals surface area contributed by atoms with Crippen LogP contribution in [0.3, 0.4) is 0 Å². The molecular formula is C14H7Cl2N3O2. The van der Waals surface area contributed by atoms with Gasteiger partial charge in [0.05, 0.1) is 10.4 Å². The Bertz CT molecular complexity index is 851. The summed E-state index contributed by atoms with van der Waals surface area (Å²) in [6.45, 7) is 0. The van der Waals surface area contributed by atoms with Crippen molar-refractivity contribution in [2.24, 2.45) is 0 Å². The highest BCUT2D eigenvalue weighted by Gasteiger charge is 2.12. The largest absolute Gasteiger partial charge is 0.271 e. The maximum absolute atomic E-state index is 10.8. The van der Waals surface area contributed by atoms with Crippen molar-refractivity contribution < 1.29 is 4.92 Å². The Balaban J connectivity index is 2.20. The van der Waals surface area contributed by atoms with Gasteiger partial charge < -0.3 is 0 Å². The van der Waals surface area contributed by atoms with E-state index in [1.165, 1.54) is 12.1 Å². The van der Waals surface area contributed by atoms with E-state index in [9.17, 15) is 10.1 Å². The molecule has 0 unspecified atom stereocenters. The highest BCUT2D eigenvalue weighted by Crippen LogP contribution is 2.28. The van der Waals surface area contributed by atoms with Crippen molar-refractivity contribution >= 4 is 39.8 Å². The summed E-state index contributed by atoms with van der Waals surface area (Å²) >= 11 is 12.0. The number of hydrogen-bond donors (Lipinski definition) is 0. The molecule has 0 saturated heterocycles. The Kier molecular flexibility index (Phi) is 3.45. The Morgan fingerprint density at radius 3 is 2.38 bits per heavy atom. The van der Waals surface area contributed by atoms with Gasteiger partial charge in [-0.3, -0.25) is 10.1 Å². The van der Waals surface area contributed by atoms with E-state index in [1.54, 1.807) is 30.3 Å². The number of aromatic nitrogens is 2. The summed E-state index contributed by atoms with van der Waals surface area (Å²) in [5, 5.41) is 12.3. The molecule has 1 aromatic heterocycles. The van der Waals surface area contributed by atoms with Crippen molar-refractivity contribution in [1.82, 2.24) is 9.97 Å². The summed E-state index contributed by atoms with van der Waals surface area (Å²) in [6, 6.07) is 11.2. The average Bonchev–Trinajstić information content (AvgIpc) is 2.47. The number of non-ortho nitro benzene ring substituents is 1. The standard InChI is InChI=1S/C14H7Cl2N3O2/c15-9-3-1-8(2-4-9)14-17-12-7-10(19(20)21)5-6-11(12)13(16)18-14/h1-7H. The maximum Gasteiger partial charge on any atom is 0.271 e. The number of nitro benzene ring substituents is 1. The van der Waals surface area contributed by atoms with Crippen molar-refractivity contribution in [2.45, 2.75) is 0 Å². The SMILES string of the molecule is O=[N+]([O-])c1ccc2c(Cl)nc(-c3ccc(Cl)cc3)nc2c1. The van der Waals surface area contributed by atoms with Crippen LogP contribution in [-0.4, -0.2) is 14.9 Å².